The van der Waals surface area contributed by atoms with Crippen LogP contribution < -0.4 is 0 Å². The van der Waals surface area contributed by atoms with Gasteiger partial charge in [-0.25, -0.2) is 0 Å². The van der Waals surface area contributed by atoms with Crippen molar-refractivity contribution in [3.05, 3.63) is 66.0 Å². The second-order valence-electron chi connectivity index (χ2n) is 6.59. The van der Waals surface area contributed by atoms with Gasteiger partial charge in [0.05, 0.1) is 19.3 Å². The quantitative estimate of drug-likeness (QED) is 0.793. The van der Waals surface area contributed by atoms with Crippen molar-refractivity contribution in [2.75, 3.05) is 39.3 Å². The van der Waals surface area contributed by atoms with Crippen LogP contribution in [-0.2, 0) is 17.9 Å². The summed E-state index contributed by atoms with van der Waals surface area (Å²) in [6.45, 7) is 6.61. The van der Waals surface area contributed by atoms with Crippen molar-refractivity contribution in [2.24, 2.45) is 0 Å². The average molecular weight is 341 g/mol. The molecule has 25 heavy (non-hydrogen) atoms. The molecule has 1 aliphatic rings. The Morgan fingerprint density at radius 2 is 1.60 bits per heavy atom. The highest BCUT2D eigenvalue weighted by atomic mass is 16.5. The van der Waals surface area contributed by atoms with Crippen molar-refractivity contribution in [3.8, 4) is 0 Å². The lowest BCUT2D eigenvalue weighted by molar-refractivity contribution is 0.000877. The van der Waals surface area contributed by atoms with E-state index in [1.165, 1.54) is 5.56 Å². The van der Waals surface area contributed by atoms with E-state index >= 15 is 0 Å². The van der Waals surface area contributed by atoms with E-state index in [9.17, 15) is 5.11 Å². The van der Waals surface area contributed by atoms with Gasteiger partial charge in [-0.05, 0) is 23.3 Å². The monoisotopic (exact) mass is 341 g/mol. The zero-order valence-electron chi connectivity index (χ0n) is 14.6. The molecule has 5 heteroatoms. The number of hydrogen-bond donors (Lipinski definition) is 1. The molecule has 2 heterocycles. The third kappa shape index (κ3) is 6.21. The van der Waals surface area contributed by atoms with E-state index in [-0.39, 0.29) is 0 Å². The lowest BCUT2D eigenvalue weighted by Gasteiger charge is -2.35. The number of β-amino-alcohol motifs (C(OH)–C–C–N with tert-alkyl or cyclic N) is 1. The molecular formula is C20H27N3O2. The smallest absolute Gasteiger partial charge is 0.0900 e. The molecule has 1 aliphatic heterocycles. The first-order valence-electron chi connectivity index (χ1n) is 8.93. The number of benzene rings is 1. The van der Waals surface area contributed by atoms with E-state index in [0.717, 1.165) is 38.3 Å². The van der Waals surface area contributed by atoms with Gasteiger partial charge in [0.25, 0.3) is 0 Å². The van der Waals surface area contributed by atoms with E-state index in [2.05, 4.69) is 26.9 Å². The molecule has 0 amide bonds. The molecule has 1 N–H and O–H groups in total. The highest BCUT2D eigenvalue weighted by Crippen LogP contribution is 2.08. The van der Waals surface area contributed by atoms with Crippen molar-refractivity contribution >= 4 is 0 Å². The minimum atomic E-state index is -0.435. The van der Waals surface area contributed by atoms with Crippen molar-refractivity contribution in [1.82, 2.24) is 14.8 Å². The Morgan fingerprint density at radius 1 is 0.920 bits per heavy atom. The fourth-order valence-electron chi connectivity index (χ4n) is 3.11. The summed E-state index contributed by atoms with van der Waals surface area (Å²) >= 11 is 0. The third-order valence-electron chi connectivity index (χ3n) is 4.51. The van der Waals surface area contributed by atoms with Crippen molar-refractivity contribution in [2.45, 2.75) is 19.3 Å². The Hall–Kier alpha value is -1.79. The number of piperazine rings is 1. The standard InChI is InChI=1S/C20H27N3O2/c24-20(17-25-16-19-4-2-1-3-5-19)15-23-12-10-22(11-13-23)14-18-6-8-21-9-7-18/h1-9,20,24H,10-17H2. The van der Waals surface area contributed by atoms with Crippen LogP contribution >= 0.6 is 0 Å². The number of ether oxygens (including phenoxy) is 1. The molecular weight excluding hydrogens is 314 g/mol. The van der Waals surface area contributed by atoms with Crippen molar-refractivity contribution in [1.29, 1.82) is 0 Å². The van der Waals surface area contributed by atoms with Gasteiger partial charge in [-0.3, -0.25) is 14.8 Å². The fraction of sp³-hybridized carbons (Fsp3) is 0.450. The molecule has 134 valence electrons. The Morgan fingerprint density at radius 3 is 2.32 bits per heavy atom. The topological polar surface area (TPSA) is 48.8 Å². The van der Waals surface area contributed by atoms with E-state index in [4.69, 9.17) is 4.74 Å². The molecule has 1 aromatic heterocycles. The lowest BCUT2D eigenvalue weighted by atomic mass is 10.2. The maximum Gasteiger partial charge on any atom is 0.0900 e. The van der Waals surface area contributed by atoms with E-state index in [1.54, 1.807) is 0 Å². The predicted molar refractivity (Wildman–Crippen MR) is 98.1 cm³/mol. The van der Waals surface area contributed by atoms with Gasteiger partial charge in [-0.15, -0.1) is 0 Å². The van der Waals surface area contributed by atoms with Crippen molar-refractivity contribution < 1.29 is 9.84 Å². The number of hydrogen-bond acceptors (Lipinski definition) is 5. The number of pyridine rings is 1. The maximum atomic E-state index is 10.2. The molecule has 1 atom stereocenters. The minimum Gasteiger partial charge on any atom is -0.389 e. The normalized spacial score (nSPS) is 17.5. The number of rotatable bonds is 8. The Balaban J connectivity index is 1.31. The van der Waals surface area contributed by atoms with Crippen molar-refractivity contribution in [3.63, 3.8) is 0 Å². The summed E-state index contributed by atoms with van der Waals surface area (Å²) < 4.78 is 5.63. The van der Waals surface area contributed by atoms with Crippen LogP contribution in [0.15, 0.2) is 54.9 Å². The van der Waals surface area contributed by atoms with Crippen LogP contribution in [0.5, 0.6) is 0 Å². The molecule has 1 aromatic carbocycles. The van der Waals surface area contributed by atoms with Gasteiger partial charge in [0.15, 0.2) is 0 Å². The zero-order chi connectivity index (χ0) is 17.3. The Kier molecular flexibility index (Phi) is 6.94. The summed E-state index contributed by atoms with van der Waals surface area (Å²) in [5, 5.41) is 10.2. The van der Waals surface area contributed by atoms with E-state index < -0.39 is 6.10 Å². The summed E-state index contributed by atoms with van der Waals surface area (Å²) in [6, 6.07) is 14.2. The zero-order valence-corrected chi connectivity index (χ0v) is 14.6. The lowest BCUT2D eigenvalue weighted by Crippen LogP contribution is -2.48. The molecule has 5 nitrogen and oxygen atoms in total. The molecule has 2 aromatic rings. The highest BCUT2D eigenvalue weighted by Gasteiger charge is 2.19. The second-order valence-corrected chi connectivity index (χ2v) is 6.59. The van der Waals surface area contributed by atoms with Gasteiger partial charge in [-0.2, -0.15) is 0 Å². The van der Waals surface area contributed by atoms with Crippen LogP contribution in [-0.4, -0.2) is 65.3 Å². The third-order valence-corrected chi connectivity index (χ3v) is 4.51. The summed E-state index contributed by atoms with van der Waals surface area (Å²) in [4.78, 5) is 8.83. The minimum absolute atomic E-state index is 0.381. The van der Waals surface area contributed by atoms with Crippen LogP contribution in [0.1, 0.15) is 11.1 Å². The number of nitrogens with zero attached hydrogens (tertiary/aromatic N) is 3. The molecule has 3 rings (SSSR count). The summed E-state index contributed by atoms with van der Waals surface area (Å²) in [7, 11) is 0. The van der Waals surface area contributed by atoms with Gasteiger partial charge in [0, 0.05) is 51.7 Å². The van der Waals surface area contributed by atoms with Crippen LogP contribution in [0.4, 0.5) is 0 Å². The van der Waals surface area contributed by atoms with E-state index in [1.807, 2.05) is 42.7 Å². The van der Waals surface area contributed by atoms with Crippen LogP contribution in [0.25, 0.3) is 0 Å². The van der Waals surface area contributed by atoms with Gasteiger partial charge in [0.1, 0.15) is 0 Å². The Labute approximate surface area is 149 Å². The second kappa shape index (κ2) is 9.63. The van der Waals surface area contributed by atoms with Gasteiger partial charge < -0.3 is 9.84 Å². The fourth-order valence-corrected chi connectivity index (χ4v) is 3.11. The molecule has 0 radical (unpaired) electrons. The van der Waals surface area contributed by atoms with Gasteiger partial charge in [0.2, 0.25) is 0 Å². The Bertz CT molecular complexity index is 601. The molecule has 0 aliphatic carbocycles. The predicted octanol–water partition coefficient (Wildman–Crippen LogP) is 1.78. The van der Waals surface area contributed by atoms with Gasteiger partial charge >= 0.3 is 0 Å². The van der Waals surface area contributed by atoms with Crippen LogP contribution in [0.2, 0.25) is 0 Å². The number of aliphatic hydroxyl groups is 1. The van der Waals surface area contributed by atoms with Crippen LogP contribution in [0, 0.1) is 0 Å². The average Bonchev–Trinajstić information content (AvgIpc) is 2.65. The summed E-state index contributed by atoms with van der Waals surface area (Å²) in [5.41, 5.74) is 2.44. The van der Waals surface area contributed by atoms with E-state index in [0.29, 0.717) is 19.8 Å². The number of aromatic nitrogens is 1. The first kappa shape index (κ1) is 18.0. The largest absolute Gasteiger partial charge is 0.389 e. The molecule has 1 unspecified atom stereocenters. The molecule has 0 saturated carbocycles. The SMILES string of the molecule is OC(COCc1ccccc1)CN1CCN(Cc2ccncc2)CC1. The molecule has 0 spiro atoms. The molecule has 1 saturated heterocycles. The first-order valence-corrected chi connectivity index (χ1v) is 8.93. The van der Waals surface area contributed by atoms with Gasteiger partial charge in [-0.1, -0.05) is 30.3 Å². The first-order chi connectivity index (χ1) is 12.3. The molecule has 1 fully saturated rings. The number of aliphatic hydroxyl groups excluding tert-OH is 1. The highest BCUT2D eigenvalue weighted by molar-refractivity contribution is 5.13. The summed E-state index contributed by atoms with van der Waals surface area (Å²) in [6.07, 6.45) is 3.25. The summed E-state index contributed by atoms with van der Waals surface area (Å²) in [5.74, 6) is 0. The van der Waals surface area contributed by atoms with Crippen LogP contribution in [0.3, 0.4) is 0 Å². The maximum absolute atomic E-state index is 10.2. The molecule has 0 bridgehead atoms.